The summed E-state index contributed by atoms with van der Waals surface area (Å²) in [6.07, 6.45) is 66.3. The van der Waals surface area contributed by atoms with Crippen LogP contribution in [0.4, 0.5) is 0 Å². The summed E-state index contributed by atoms with van der Waals surface area (Å²) in [7, 11) is 0. The Morgan fingerprint density at radius 3 is 0.953 bits per heavy atom. The molecule has 0 aliphatic rings. The topological polar surface area (TPSA) is 78.9 Å². The van der Waals surface area contributed by atoms with Crippen molar-refractivity contribution in [1.82, 2.24) is 0 Å². The van der Waals surface area contributed by atoms with E-state index in [4.69, 9.17) is 14.2 Å². The Labute approximate surface area is 395 Å². The molecule has 0 radical (unpaired) electrons. The van der Waals surface area contributed by atoms with Crippen molar-refractivity contribution in [2.24, 2.45) is 0 Å². The molecule has 1 unspecified atom stereocenters. The van der Waals surface area contributed by atoms with Gasteiger partial charge < -0.3 is 14.2 Å². The minimum atomic E-state index is -0.785. The fourth-order valence-corrected chi connectivity index (χ4v) is 7.40. The molecule has 0 spiro atoms. The predicted octanol–water partition coefficient (Wildman–Crippen LogP) is 17.8. The van der Waals surface area contributed by atoms with Crippen LogP contribution < -0.4 is 0 Å². The number of carbonyl (C=O) groups excluding carboxylic acids is 3. The Hall–Kier alpha value is -3.15. The third-order valence-corrected chi connectivity index (χ3v) is 11.4. The number of hydrogen-bond acceptors (Lipinski definition) is 6. The molecule has 6 nitrogen and oxygen atoms in total. The zero-order chi connectivity index (χ0) is 46.5. The molecule has 0 saturated carbocycles. The average Bonchev–Trinajstić information content (AvgIpc) is 3.29. The van der Waals surface area contributed by atoms with E-state index in [9.17, 15) is 14.4 Å². The smallest absolute Gasteiger partial charge is 0.306 e. The number of rotatable bonds is 48. The van der Waals surface area contributed by atoms with Crippen LogP contribution in [0, 0.1) is 0 Å². The number of carbonyl (C=O) groups is 3. The first-order valence-corrected chi connectivity index (χ1v) is 26.9. The Kier molecular flexibility index (Phi) is 49.9. The van der Waals surface area contributed by atoms with Crippen LogP contribution in [0.15, 0.2) is 72.9 Å². The summed E-state index contributed by atoms with van der Waals surface area (Å²) in [4.78, 5) is 37.8. The lowest BCUT2D eigenvalue weighted by Crippen LogP contribution is -2.30. The van der Waals surface area contributed by atoms with Gasteiger partial charge in [0.25, 0.3) is 0 Å². The van der Waals surface area contributed by atoms with Gasteiger partial charge in [0, 0.05) is 19.3 Å². The minimum absolute atomic E-state index is 0.0859. The van der Waals surface area contributed by atoms with Crippen LogP contribution in [0.3, 0.4) is 0 Å². The highest BCUT2D eigenvalue weighted by atomic mass is 16.6. The van der Waals surface area contributed by atoms with Crippen LogP contribution in [0.5, 0.6) is 0 Å². The third-order valence-electron chi connectivity index (χ3n) is 11.4. The van der Waals surface area contributed by atoms with E-state index in [0.717, 1.165) is 103 Å². The standard InChI is InChI=1S/C58H100O6/c1-4-7-10-13-16-18-20-22-24-26-27-28-29-30-31-33-34-36-38-40-42-45-48-51-57(60)63-54-55(53-62-56(59)50-47-44-15-12-9-6-3)64-58(61)52-49-46-43-41-39-37-35-32-25-23-21-19-17-14-11-8-5-2/h8,11,17,19-20,22-23,25-27,35,37,55H,4-7,9-10,12-16,18,21,24,28-34,36,38-54H2,1-3H3/b11-8-,19-17-,22-20-,25-23-,27-26-,37-35-. The summed E-state index contributed by atoms with van der Waals surface area (Å²) in [6, 6.07) is 0. The molecule has 0 saturated heterocycles. The van der Waals surface area contributed by atoms with Crippen molar-refractivity contribution in [3.8, 4) is 0 Å². The molecule has 0 amide bonds. The van der Waals surface area contributed by atoms with Crippen molar-refractivity contribution in [2.45, 2.75) is 264 Å². The van der Waals surface area contributed by atoms with Gasteiger partial charge in [0.15, 0.2) is 6.10 Å². The maximum absolute atomic E-state index is 12.8. The van der Waals surface area contributed by atoms with Crippen LogP contribution in [-0.2, 0) is 28.6 Å². The van der Waals surface area contributed by atoms with E-state index >= 15 is 0 Å². The first kappa shape index (κ1) is 60.9. The first-order chi connectivity index (χ1) is 31.5. The fourth-order valence-electron chi connectivity index (χ4n) is 7.40. The van der Waals surface area contributed by atoms with Crippen molar-refractivity contribution >= 4 is 17.9 Å². The van der Waals surface area contributed by atoms with Gasteiger partial charge in [-0.05, 0) is 89.9 Å². The first-order valence-electron chi connectivity index (χ1n) is 26.9. The summed E-state index contributed by atoms with van der Waals surface area (Å²) in [5, 5.41) is 0. The predicted molar refractivity (Wildman–Crippen MR) is 274 cm³/mol. The summed E-state index contributed by atoms with van der Waals surface area (Å²) < 4.78 is 16.7. The largest absolute Gasteiger partial charge is 0.462 e. The van der Waals surface area contributed by atoms with E-state index in [0.29, 0.717) is 19.3 Å². The Balaban J connectivity index is 4.19. The van der Waals surface area contributed by atoms with Gasteiger partial charge in [-0.25, -0.2) is 0 Å². The van der Waals surface area contributed by atoms with Crippen LogP contribution in [-0.4, -0.2) is 37.2 Å². The van der Waals surface area contributed by atoms with Gasteiger partial charge in [-0.15, -0.1) is 0 Å². The molecule has 1 atom stereocenters. The molecule has 64 heavy (non-hydrogen) atoms. The lowest BCUT2D eigenvalue weighted by molar-refractivity contribution is -0.167. The van der Waals surface area contributed by atoms with Crippen molar-refractivity contribution in [2.75, 3.05) is 13.2 Å². The SMILES string of the molecule is CC/C=C\C/C=C\C/C=C\C/C=C\CCCCCCC(=O)OC(COC(=O)CCCCCCCC)COC(=O)CCCCCCCCCCCCC/C=C\C/C=C\CCCCCCC. The number of ether oxygens (including phenoxy) is 3. The van der Waals surface area contributed by atoms with E-state index in [1.54, 1.807) is 0 Å². The Morgan fingerprint density at radius 1 is 0.328 bits per heavy atom. The quantitative estimate of drug-likeness (QED) is 0.0262. The third kappa shape index (κ3) is 49.9. The normalized spacial score (nSPS) is 12.6. The van der Waals surface area contributed by atoms with Gasteiger partial charge in [-0.1, -0.05) is 222 Å². The number of esters is 3. The van der Waals surface area contributed by atoms with Crippen molar-refractivity contribution in [3.63, 3.8) is 0 Å². The van der Waals surface area contributed by atoms with E-state index in [2.05, 4.69) is 93.7 Å². The van der Waals surface area contributed by atoms with Crippen LogP contribution in [0.2, 0.25) is 0 Å². The van der Waals surface area contributed by atoms with Gasteiger partial charge in [-0.3, -0.25) is 14.4 Å². The summed E-state index contributed by atoms with van der Waals surface area (Å²) in [6.45, 7) is 6.44. The molecule has 0 bridgehead atoms. The molecule has 0 rings (SSSR count). The second kappa shape index (κ2) is 52.5. The van der Waals surface area contributed by atoms with Gasteiger partial charge in [0.1, 0.15) is 13.2 Å². The summed E-state index contributed by atoms with van der Waals surface area (Å²) >= 11 is 0. The average molecular weight is 893 g/mol. The fraction of sp³-hybridized carbons (Fsp3) is 0.741. The second-order valence-electron chi connectivity index (χ2n) is 17.8. The summed E-state index contributed by atoms with van der Waals surface area (Å²) in [5.41, 5.74) is 0. The highest BCUT2D eigenvalue weighted by molar-refractivity contribution is 5.71. The highest BCUT2D eigenvalue weighted by Crippen LogP contribution is 2.15. The number of allylic oxidation sites excluding steroid dienone is 12. The Morgan fingerprint density at radius 2 is 0.609 bits per heavy atom. The van der Waals surface area contributed by atoms with Crippen LogP contribution in [0.25, 0.3) is 0 Å². The number of hydrogen-bond donors (Lipinski definition) is 0. The van der Waals surface area contributed by atoms with Crippen LogP contribution in [0.1, 0.15) is 258 Å². The molecule has 0 aliphatic heterocycles. The maximum Gasteiger partial charge on any atom is 0.306 e. The molecule has 368 valence electrons. The molecular weight excluding hydrogens is 793 g/mol. The highest BCUT2D eigenvalue weighted by Gasteiger charge is 2.19. The number of unbranched alkanes of at least 4 members (excludes halogenated alkanes) is 25. The van der Waals surface area contributed by atoms with E-state index in [-0.39, 0.29) is 31.1 Å². The second-order valence-corrected chi connectivity index (χ2v) is 17.8. The van der Waals surface area contributed by atoms with E-state index in [1.807, 2.05) is 0 Å². The Bertz CT molecular complexity index is 1210. The molecular formula is C58H100O6. The maximum atomic E-state index is 12.8. The van der Waals surface area contributed by atoms with Crippen LogP contribution >= 0.6 is 0 Å². The van der Waals surface area contributed by atoms with E-state index in [1.165, 1.54) is 116 Å². The zero-order valence-corrected chi connectivity index (χ0v) is 42.0. The van der Waals surface area contributed by atoms with Gasteiger partial charge in [0.05, 0.1) is 0 Å². The molecule has 0 aromatic rings. The van der Waals surface area contributed by atoms with Crippen molar-refractivity contribution < 1.29 is 28.6 Å². The lowest BCUT2D eigenvalue weighted by Gasteiger charge is -2.18. The van der Waals surface area contributed by atoms with E-state index < -0.39 is 6.10 Å². The molecule has 0 fully saturated rings. The lowest BCUT2D eigenvalue weighted by atomic mass is 10.0. The minimum Gasteiger partial charge on any atom is -0.462 e. The molecule has 0 N–H and O–H groups in total. The molecule has 6 heteroatoms. The van der Waals surface area contributed by atoms with Gasteiger partial charge >= 0.3 is 17.9 Å². The van der Waals surface area contributed by atoms with Gasteiger partial charge in [-0.2, -0.15) is 0 Å². The van der Waals surface area contributed by atoms with Crippen molar-refractivity contribution in [3.05, 3.63) is 72.9 Å². The van der Waals surface area contributed by atoms with Gasteiger partial charge in [0.2, 0.25) is 0 Å². The van der Waals surface area contributed by atoms with Crippen molar-refractivity contribution in [1.29, 1.82) is 0 Å². The molecule has 0 aromatic carbocycles. The summed E-state index contributed by atoms with van der Waals surface area (Å²) in [5.74, 6) is -0.919. The monoisotopic (exact) mass is 893 g/mol. The zero-order valence-electron chi connectivity index (χ0n) is 42.0. The molecule has 0 heterocycles. The molecule has 0 aromatic heterocycles. The molecule has 0 aliphatic carbocycles.